The summed E-state index contributed by atoms with van der Waals surface area (Å²) in [7, 11) is 1.77. The van der Waals surface area contributed by atoms with Crippen molar-refractivity contribution >= 4 is 16.8 Å². The van der Waals surface area contributed by atoms with Gasteiger partial charge in [-0.25, -0.2) is 14.6 Å². The Hall–Kier alpha value is -3.54. The van der Waals surface area contributed by atoms with Crippen molar-refractivity contribution in [2.24, 2.45) is 0 Å². The molecule has 0 unspecified atom stereocenters. The number of amides is 1. The highest BCUT2D eigenvalue weighted by molar-refractivity contribution is 5.94. The number of para-hydroxylation sites is 1. The number of carbonyl (C=O) groups is 1. The number of fused-ring (bicyclic) bond motifs is 1. The number of nitrogens with zero attached hydrogens (tertiary/aromatic N) is 5. The lowest BCUT2D eigenvalue weighted by atomic mass is 10.1. The van der Waals surface area contributed by atoms with E-state index in [4.69, 9.17) is 0 Å². The molecule has 2 aromatic heterocycles. The molecule has 0 saturated carbocycles. The lowest BCUT2D eigenvalue weighted by Gasteiger charge is -2.17. The van der Waals surface area contributed by atoms with Crippen LogP contribution in [0.1, 0.15) is 27.6 Å². The van der Waals surface area contributed by atoms with Gasteiger partial charge in [-0.3, -0.25) is 4.79 Å². The number of aryl methyl sites for hydroxylation is 2. The summed E-state index contributed by atoms with van der Waals surface area (Å²) < 4.78 is 1.84. The minimum absolute atomic E-state index is 0.0712. The van der Waals surface area contributed by atoms with Gasteiger partial charge in [0.25, 0.3) is 5.91 Å². The van der Waals surface area contributed by atoms with Gasteiger partial charge in [-0.1, -0.05) is 18.2 Å². The average Bonchev–Trinajstić information content (AvgIpc) is 3.13. The van der Waals surface area contributed by atoms with Gasteiger partial charge in [-0.05, 0) is 50.2 Å². The van der Waals surface area contributed by atoms with Crippen LogP contribution in [0.2, 0.25) is 0 Å². The van der Waals surface area contributed by atoms with Gasteiger partial charge in [0.05, 0.1) is 17.7 Å². The number of carbonyl (C=O) groups excluding carboxylic acids is 1. The Morgan fingerprint density at radius 3 is 2.46 bits per heavy atom. The normalized spacial score (nSPS) is 11.0. The molecule has 0 N–H and O–H groups in total. The summed E-state index contributed by atoms with van der Waals surface area (Å²) in [6, 6.07) is 17.3. The molecule has 6 heteroatoms. The quantitative estimate of drug-likeness (QED) is 0.549. The van der Waals surface area contributed by atoms with E-state index in [-0.39, 0.29) is 5.91 Å². The van der Waals surface area contributed by atoms with Gasteiger partial charge in [-0.2, -0.15) is 5.10 Å². The van der Waals surface area contributed by atoms with Crippen molar-refractivity contribution in [3.63, 3.8) is 0 Å². The molecule has 0 aliphatic rings. The molecule has 28 heavy (non-hydrogen) atoms. The number of hydrogen-bond acceptors (Lipinski definition) is 4. The first-order valence-electron chi connectivity index (χ1n) is 9.12. The lowest BCUT2D eigenvalue weighted by molar-refractivity contribution is 0.0781. The third kappa shape index (κ3) is 3.36. The highest BCUT2D eigenvalue weighted by Gasteiger charge is 2.15. The van der Waals surface area contributed by atoms with Gasteiger partial charge < -0.3 is 4.90 Å². The van der Waals surface area contributed by atoms with Crippen LogP contribution in [0.5, 0.6) is 0 Å². The zero-order chi connectivity index (χ0) is 19.7. The SMILES string of the molecule is Cc1nc(CN(C)C(=O)c2ccc(-n3nccc3C)cc2)nc2ccccc12. The van der Waals surface area contributed by atoms with E-state index in [1.54, 1.807) is 18.1 Å². The fourth-order valence-corrected chi connectivity index (χ4v) is 3.26. The summed E-state index contributed by atoms with van der Waals surface area (Å²) in [6.07, 6.45) is 1.76. The Morgan fingerprint density at radius 2 is 1.75 bits per heavy atom. The third-order valence-corrected chi connectivity index (χ3v) is 4.76. The van der Waals surface area contributed by atoms with Crippen molar-refractivity contribution in [1.29, 1.82) is 0 Å². The third-order valence-electron chi connectivity index (χ3n) is 4.76. The number of hydrogen-bond donors (Lipinski definition) is 0. The Morgan fingerprint density at radius 1 is 1.00 bits per heavy atom. The maximum Gasteiger partial charge on any atom is 0.254 e. The highest BCUT2D eigenvalue weighted by Crippen LogP contribution is 2.16. The minimum Gasteiger partial charge on any atom is -0.334 e. The molecule has 140 valence electrons. The minimum atomic E-state index is -0.0712. The van der Waals surface area contributed by atoms with Crippen molar-refractivity contribution < 1.29 is 4.79 Å². The summed E-state index contributed by atoms with van der Waals surface area (Å²) in [5, 5.41) is 5.32. The summed E-state index contributed by atoms with van der Waals surface area (Å²) >= 11 is 0. The molecular weight excluding hydrogens is 350 g/mol. The second-order valence-corrected chi connectivity index (χ2v) is 6.83. The van der Waals surface area contributed by atoms with Crippen molar-refractivity contribution in [2.45, 2.75) is 20.4 Å². The molecule has 6 nitrogen and oxygen atoms in total. The van der Waals surface area contributed by atoms with Crippen LogP contribution < -0.4 is 0 Å². The van der Waals surface area contributed by atoms with Gasteiger partial charge in [0.15, 0.2) is 0 Å². The topological polar surface area (TPSA) is 63.9 Å². The van der Waals surface area contributed by atoms with Crippen molar-refractivity contribution in [3.05, 3.63) is 83.6 Å². The molecule has 1 amide bonds. The van der Waals surface area contributed by atoms with Gasteiger partial charge >= 0.3 is 0 Å². The fourth-order valence-electron chi connectivity index (χ4n) is 3.26. The Bertz CT molecular complexity index is 1150. The second kappa shape index (κ2) is 7.23. The van der Waals surface area contributed by atoms with Gasteiger partial charge in [0, 0.05) is 35.6 Å². The summed E-state index contributed by atoms with van der Waals surface area (Å²) in [4.78, 5) is 23.6. The molecule has 0 atom stereocenters. The van der Waals surface area contributed by atoms with E-state index < -0.39 is 0 Å². The molecule has 4 aromatic rings. The predicted molar refractivity (Wildman–Crippen MR) is 108 cm³/mol. The molecule has 2 aromatic carbocycles. The zero-order valence-corrected chi connectivity index (χ0v) is 16.1. The highest BCUT2D eigenvalue weighted by atomic mass is 16.2. The van der Waals surface area contributed by atoms with E-state index in [0.29, 0.717) is 17.9 Å². The van der Waals surface area contributed by atoms with E-state index in [1.807, 2.05) is 73.1 Å². The van der Waals surface area contributed by atoms with Crippen LogP contribution >= 0.6 is 0 Å². The van der Waals surface area contributed by atoms with Gasteiger partial charge in [0.2, 0.25) is 0 Å². The van der Waals surface area contributed by atoms with Crippen LogP contribution in [-0.2, 0) is 6.54 Å². The van der Waals surface area contributed by atoms with Crippen LogP contribution in [0, 0.1) is 13.8 Å². The van der Waals surface area contributed by atoms with Crippen LogP contribution in [0.4, 0.5) is 0 Å². The molecule has 0 fully saturated rings. The smallest absolute Gasteiger partial charge is 0.254 e. The summed E-state index contributed by atoms with van der Waals surface area (Å²) in [6.45, 7) is 4.31. The molecule has 0 saturated heterocycles. The molecule has 0 aliphatic carbocycles. The molecule has 0 spiro atoms. The molecule has 0 radical (unpaired) electrons. The van der Waals surface area contributed by atoms with E-state index in [1.165, 1.54) is 0 Å². The number of benzene rings is 2. The Labute approximate surface area is 163 Å². The maximum atomic E-state index is 12.8. The maximum absolute atomic E-state index is 12.8. The zero-order valence-electron chi connectivity index (χ0n) is 16.1. The van der Waals surface area contributed by atoms with Crippen molar-refractivity contribution in [2.75, 3.05) is 7.05 Å². The summed E-state index contributed by atoms with van der Waals surface area (Å²) in [5.74, 6) is 0.564. The predicted octanol–water partition coefficient (Wildman–Crippen LogP) is 3.70. The molecule has 0 bridgehead atoms. The fraction of sp³-hybridized carbons (Fsp3) is 0.182. The molecule has 2 heterocycles. The van der Waals surface area contributed by atoms with Gasteiger partial charge in [-0.15, -0.1) is 0 Å². The van der Waals surface area contributed by atoms with Crippen LogP contribution in [0.15, 0.2) is 60.8 Å². The number of aromatic nitrogens is 4. The largest absolute Gasteiger partial charge is 0.334 e. The van der Waals surface area contributed by atoms with E-state index in [2.05, 4.69) is 15.1 Å². The first kappa shape index (κ1) is 17.9. The summed E-state index contributed by atoms with van der Waals surface area (Å²) in [5.41, 5.74) is 4.40. The van der Waals surface area contributed by atoms with Crippen LogP contribution in [-0.4, -0.2) is 37.6 Å². The second-order valence-electron chi connectivity index (χ2n) is 6.83. The molecular formula is C22H21N5O. The molecule has 0 aliphatic heterocycles. The van der Waals surface area contributed by atoms with Crippen molar-refractivity contribution in [3.8, 4) is 5.69 Å². The van der Waals surface area contributed by atoms with Crippen LogP contribution in [0.25, 0.3) is 16.6 Å². The van der Waals surface area contributed by atoms with E-state index in [9.17, 15) is 4.79 Å². The first-order valence-corrected chi connectivity index (χ1v) is 9.12. The van der Waals surface area contributed by atoms with Crippen LogP contribution in [0.3, 0.4) is 0 Å². The average molecular weight is 371 g/mol. The lowest BCUT2D eigenvalue weighted by Crippen LogP contribution is -2.27. The van der Waals surface area contributed by atoms with E-state index in [0.717, 1.165) is 28.0 Å². The molecule has 4 rings (SSSR count). The first-order chi connectivity index (χ1) is 13.5. The van der Waals surface area contributed by atoms with Crippen molar-refractivity contribution in [1.82, 2.24) is 24.6 Å². The number of rotatable bonds is 4. The Kier molecular flexibility index (Phi) is 4.61. The Balaban J connectivity index is 1.53. The monoisotopic (exact) mass is 371 g/mol. The standard InChI is InChI=1S/C22H21N5O/c1-15-12-13-23-27(15)18-10-8-17(9-11-18)22(28)26(3)14-21-24-16(2)19-6-4-5-7-20(19)25-21/h4-13H,14H2,1-3H3. The van der Waals surface area contributed by atoms with Gasteiger partial charge in [0.1, 0.15) is 5.82 Å². The van der Waals surface area contributed by atoms with E-state index >= 15 is 0 Å².